The van der Waals surface area contributed by atoms with Crippen LogP contribution in [0.25, 0.3) is 11.4 Å². The number of rotatable bonds is 8. The Bertz CT molecular complexity index is 958. The Kier molecular flexibility index (Phi) is 6.60. The molecular formula is C21H21FN4OS. The van der Waals surface area contributed by atoms with Crippen molar-refractivity contribution < 1.29 is 9.18 Å². The lowest BCUT2D eigenvalue weighted by molar-refractivity contribution is -0.120. The highest BCUT2D eigenvalue weighted by molar-refractivity contribution is 8.00. The predicted octanol–water partition coefficient (Wildman–Crippen LogP) is 4.07. The second-order valence-corrected chi connectivity index (χ2v) is 7.46. The van der Waals surface area contributed by atoms with Gasteiger partial charge in [-0.05, 0) is 24.6 Å². The average molecular weight is 396 g/mol. The Hall–Kier alpha value is -2.93. The van der Waals surface area contributed by atoms with Crippen molar-refractivity contribution in [3.05, 3.63) is 78.6 Å². The lowest BCUT2D eigenvalue weighted by Crippen LogP contribution is -2.30. The summed E-state index contributed by atoms with van der Waals surface area (Å²) < 4.78 is 15.9. The molecule has 0 saturated carbocycles. The van der Waals surface area contributed by atoms with Crippen molar-refractivity contribution in [2.24, 2.45) is 0 Å². The van der Waals surface area contributed by atoms with Crippen molar-refractivity contribution in [2.75, 3.05) is 0 Å². The van der Waals surface area contributed by atoms with Gasteiger partial charge in [0.05, 0.1) is 10.8 Å². The van der Waals surface area contributed by atoms with Gasteiger partial charge in [0.1, 0.15) is 5.82 Å². The molecule has 1 heterocycles. The van der Waals surface area contributed by atoms with Crippen LogP contribution in [0.1, 0.15) is 12.5 Å². The number of hydrogen-bond acceptors (Lipinski definition) is 4. The summed E-state index contributed by atoms with van der Waals surface area (Å²) in [5.41, 5.74) is 1.40. The third-order valence-electron chi connectivity index (χ3n) is 4.10. The molecule has 1 aromatic heterocycles. The number of thioether (sulfide) groups is 1. The van der Waals surface area contributed by atoms with Crippen LogP contribution < -0.4 is 5.32 Å². The maximum absolute atomic E-state index is 14.2. The minimum atomic E-state index is -0.384. The molecule has 1 amide bonds. The quantitative estimate of drug-likeness (QED) is 0.461. The van der Waals surface area contributed by atoms with Gasteiger partial charge in [-0.3, -0.25) is 9.36 Å². The van der Waals surface area contributed by atoms with Crippen LogP contribution in [0.15, 0.2) is 72.4 Å². The number of benzene rings is 2. The summed E-state index contributed by atoms with van der Waals surface area (Å²) in [5, 5.41) is 11.4. The van der Waals surface area contributed by atoms with E-state index in [2.05, 4.69) is 22.1 Å². The molecule has 0 spiro atoms. The topological polar surface area (TPSA) is 59.8 Å². The Morgan fingerprint density at radius 3 is 2.64 bits per heavy atom. The summed E-state index contributed by atoms with van der Waals surface area (Å²) in [6.07, 6.45) is 1.69. The predicted molar refractivity (Wildman–Crippen MR) is 109 cm³/mol. The van der Waals surface area contributed by atoms with Gasteiger partial charge in [-0.2, -0.15) is 0 Å². The Labute approximate surface area is 167 Å². The van der Waals surface area contributed by atoms with Gasteiger partial charge in [-0.15, -0.1) is 16.8 Å². The van der Waals surface area contributed by atoms with Gasteiger partial charge in [0.15, 0.2) is 11.0 Å². The molecule has 144 valence electrons. The largest absolute Gasteiger partial charge is 0.351 e. The number of carbonyl (C=O) groups is 1. The number of hydrogen-bond donors (Lipinski definition) is 1. The zero-order chi connectivity index (χ0) is 19.9. The third kappa shape index (κ3) is 4.67. The third-order valence-corrected chi connectivity index (χ3v) is 5.18. The smallest absolute Gasteiger partial charge is 0.233 e. The maximum Gasteiger partial charge on any atom is 0.233 e. The molecule has 3 aromatic rings. The molecule has 28 heavy (non-hydrogen) atoms. The molecule has 0 aliphatic heterocycles. The van der Waals surface area contributed by atoms with E-state index in [0.29, 0.717) is 29.6 Å². The van der Waals surface area contributed by atoms with E-state index in [1.807, 2.05) is 30.3 Å². The molecule has 0 saturated heterocycles. The van der Waals surface area contributed by atoms with Crippen molar-refractivity contribution in [1.29, 1.82) is 0 Å². The second kappa shape index (κ2) is 9.32. The van der Waals surface area contributed by atoms with Crippen LogP contribution in [0, 0.1) is 5.82 Å². The SMILES string of the molecule is C=CCn1c(SC(C)C(=O)NCc2ccccc2)nnc1-c1ccccc1F. The molecule has 5 nitrogen and oxygen atoms in total. The van der Waals surface area contributed by atoms with Gasteiger partial charge in [0.25, 0.3) is 0 Å². The summed E-state index contributed by atoms with van der Waals surface area (Å²) in [6, 6.07) is 16.1. The van der Waals surface area contributed by atoms with Gasteiger partial charge in [0.2, 0.25) is 5.91 Å². The first kappa shape index (κ1) is 19.8. The van der Waals surface area contributed by atoms with E-state index in [1.54, 1.807) is 35.8 Å². The van der Waals surface area contributed by atoms with Crippen LogP contribution in [0.5, 0.6) is 0 Å². The molecule has 1 atom stereocenters. The Morgan fingerprint density at radius 2 is 1.93 bits per heavy atom. The first-order valence-electron chi connectivity index (χ1n) is 8.87. The van der Waals surface area contributed by atoms with Crippen LogP contribution in [-0.2, 0) is 17.9 Å². The summed E-state index contributed by atoms with van der Waals surface area (Å²) in [4.78, 5) is 12.5. The van der Waals surface area contributed by atoms with Crippen molar-refractivity contribution in [3.8, 4) is 11.4 Å². The van der Waals surface area contributed by atoms with Crippen molar-refractivity contribution >= 4 is 17.7 Å². The highest BCUT2D eigenvalue weighted by Gasteiger charge is 2.21. The minimum Gasteiger partial charge on any atom is -0.351 e. The van der Waals surface area contributed by atoms with Crippen LogP contribution in [-0.4, -0.2) is 25.9 Å². The Balaban J connectivity index is 1.73. The number of carbonyl (C=O) groups excluding carboxylic acids is 1. The van der Waals surface area contributed by atoms with Gasteiger partial charge < -0.3 is 5.32 Å². The maximum atomic E-state index is 14.2. The molecule has 1 unspecified atom stereocenters. The van der Waals surface area contributed by atoms with Crippen molar-refractivity contribution in [3.63, 3.8) is 0 Å². The zero-order valence-corrected chi connectivity index (χ0v) is 16.3. The van der Waals surface area contributed by atoms with Crippen LogP contribution in [0.2, 0.25) is 0 Å². The molecule has 0 bridgehead atoms. The van der Waals surface area contributed by atoms with Crippen LogP contribution in [0.3, 0.4) is 0 Å². The van der Waals surface area contributed by atoms with Crippen molar-refractivity contribution in [2.45, 2.75) is 30.4 Å². The second-order valence-electron chi connectivity index (χ2n) is 6.15. The number of nitrogens with one attached hydrogen (secondary N) is 1. The fourth-order valence-corrected chi connectivity index (χ4v) is 3.53. The lowest BCUT2D eigenvalue weighted by atomic mass is 10.2. The molecule has 3 rings (SSSR count). The van der Waals surface area contributed by atoms with E-state index >= 15 is 0 Å². The van der Waals surface area contributed by atoms with E-state index in [4.69, 9.17) is 0 Å². The Morgan fingerprint density at radius 1 is 1.21 bits per heavy atom. The zero-order valence-electron chi connectivity index (χ0n) is 15.5. The standard InChI is InChI=1S/C21H21FN4OS/c1-3-13-26-19(17-11-7-8-12-18(17)22)24-25-21(26)28-15(2)20(27)23-14-16-9-5-4-6-10-16/h3-12,15H,1,13-14H2,2H3,(H,23,27). The first-order chi connectivity index (χ1) is 13.6. The fourth-order valence-electron chi connectivity index (χ4n) is 2.65. The molecule has 0 fully saturated rings. The van der Waals surface area contributed by atoms with E-state index < -0.39 is 0 Å². The van der Waals surface area contributed by atoms with E-state index in [9.17, 15) is 9.18 Å². The summed E-state index contributed by atoms with van der Waals surface area (Å²) in [7, 11) is 0. The first-order valence-corrected chi connectivity index (χ1v) is 9.75. The fraction of sp³-hybridized carbons (Fsp3) is 0.190. The number of nitrogens with zero attached hydrogens (tertiary/aromatic N) is 3. The number of halogens is 1. The molecular weight excluding hydrogens is 375 g/mol. The van der Waals surface area contributed by atoms with Gasteiger partial charge in [-0.25, -0.2) is 4.39 Å². The number of allylic oxidation sites excluding steroid dienone is 1. The highest BCUT2D eigenvalue weighted by atomic mass is 32.2. The van der Waals surface area contributed by atoms with Gasteiger partial charge >= 0.3 is 0 Å². The van der Waals surface area contributed by atoms with E-state index in [-0.39, 0.29) is 17.0 Å². The van der Waals surface area contributed by atoms with Gasteiger partial charge in [-0.1, -0.05) is 60.3 Å². The van der Waals surface area contributed by atoms with Crippen LogP contribution in [0.4, 0.5) is 4.39 Å². The molecule has 0 aliphatic rings. The van der Waals surface area contributed by atoms with Crippen LogP contribution >= 0.6 is 11.8 Å². The molecule has 1 N–H and O–H groups in total. The molecule has 0 radical (unpaired) electrons. The number of amides is 1. The molecule has 0 aliphatic carbocycles. The van der Waals surface area contributed by atoms with Crippen molar-refractivity contribution in [1.82, 2.24) is 20.1 Å². The van der Waals surface area contributed by atoms with Gasteiger partial charge in [0, 0.05) is 13.1 Å². The normalized spacial score (nSPS) is 11.8. The summed E-state index contributed by atoms with van der Waals surface area (Å²) >= 11 is 1.28. The molecule has 7 heteroatoms. The monoisotopic (exact) mass is 396 g/mol. The lowest BCUT2D eigenvalue weighted by Gasteiger charge is -2.13. The summed E-state index contributed by atoms with van der Waals surface area (Å²) in [5.74, 6) is -0.0581. The average Bonchev–Trinajstić information content (AvgIpc) is 3.09. The summed E-state index contributed by atoms with van der Waals surface area (Å²) in [6.45, 7) is 6.44. The number of aromatic nitrogens is 3. The molecule has 2 aromatic carbocycles. The van der Waals surface area contributed by atoms with E-state index in [1.165, 1.54) is 17.8 Å². The van der Waals surface area contributed by atoms with E-state index in [0.717, 1.165) is 5.56 Å². The minimum absolute atomic E-state index is 0.102. The highest BCUT2D eigenvalue weighted by Crippen LogP contribution is 2.28.